The average molecular weight is 534 g/mol. The van der Waals surface area contributed by atoms with Gasteiger partial charge in [0.05, 0.1) is 35.3 Å². The van der Waals surface area contributed by atoms with Crippen LogP contribution >= 0.6 is 0 Å². The number of nitrogens with two attached hydrogens (primary N) is 1. The Balaban J connectivity index is 1.42. The van der Waals surface area contributed by atoms with E-state index in [-0.39, 0.29) is 23.6 Å². The molecule has 2 fully saturated rings. The number of carbonyl (C=O) groups excluding carboxylic acids is 1. The van der Waals surface area contributed by atoms with Gasteiger partial charge in [-0.1, -0.05) is 0 Å². The zero-order valence-electron chi connectivity index (χ0n) is 20.6. The molecule has 1 aliphatic heterocycles. The fourth-order valence-corrected chi connectivity index (χ4v) is 4.88. The molecule has 3 atom stereocenters. The molecule has 3 aromatic rings. The minimum absolute atomic E-state index is 0.0710. The number of amides is 1. The SMILES string of the molecule is Cn1ncc(NC(=O)c2ccc(F)c(-c3c(F)cc(C4(O)CCC4)cc3F)n2)c1C1CCC(N)C(F)CO1. The number of carbonyl (C=O) groups is 1. The number of nitrogens with one attached hydrogen (secondary N) is 1. The van der Waals surface area contributed by atoms with Gasteiger partial charge in [0.2, 0.25) is 0 Å². The Morgan fingerprint density at radius 2 is 1.89 bits per heavy atom. The molecule has 2 aromatic heterocycles. The Morgan fingerprint density at radius 1 is 1.18 bits per heavy atom. The van der Waals surface area contributed by atoms with Crippen LogP contribution < -0.4 is 11.1 Å². The first-order valence-electron chi connectivity index (χ1n) is 12.3. The van der Waals surface area contributed by atoms with Crippen LogP contribution in [0.1, 0.15) is 60.0 Å². The molecule has 12 heteroatoms. The van der Waals surface area contributed by atoms with Crippen molar-refractivity contribution in [2.75, 3.05) is 11.9 Å². The van der Waals surface area contributed by atoms with Crippen molar-refractivity contribution in [3.05, 3.63) is 64.9 Å². The normalized spacial score (nSPS) is 23.0. The number of anilines is 1. The molecule has 1 aromatic carbocycles. The van der Waals surface area contributed by atoms with Gasteiger partial charge in [-0.2, -0.15) is 5.10 Å². The molecular weight excluding hydrogens is 506 g/mol. The van der Waals surface area contributed by atoms with Crippen molar-refractivity contribution in [3.8, 4) is 11.3 Å². The van der Waals surface area contributed by atoms with Crippen molar-refractivity contribution in [3.63, 3.8) is 0 Å². The molecule has 1 aliphatic carbocycles. The second-order valence-electron chi connectivity index (χ2n) is 9.83. The summed E-state index contributed by atoms with van der Waals surface area (Å²) < 4.78 is 65.8. The fourth-order valence-electron chi connectivity index (χ4n) is 4.88. The van der Waals surface area contributed by atoms with E-state index in [4.69, 9.17) is 10.5 Å². The van der Waals surface area contributed by atoms with Gasteiger partial charge in [-0.3, -0.25) is 9.48 Å². The van der Waals surface area contributed by atoms with E-state index >= 15 is 0 Å². The third-order valence-electron chi connectivity index (χ3n) is 7.30. The number of aryl methyl sites for hydroxylation is 1. The van der Waals surface area contributed by atoms with Crippen LogP contribution in [0.4, 0.5) is 23.2 Å². The van der Waals surface area contributed by atoms with E-state index in [1.807, 2.05) is 0 Å². The molecule has 0 bridgehead atoms. The van der Waals surface area contributed by atoms with Crippen LogP contribution in [0, 0.1) is 17.5 Å². The molecule has 1 amide bonds. The standard InChI is InChI=1S/C26H27F4N5O3/c1-35-24(21-6-4-18(31)17(30)12-38-21)20(11-32-35)34-25(36)19-5-3-14(27)23(33-19)22-15(28)9-13(10-16(22)29)26(37)7-2-8-26/h3,5,9-11,17-18,21,37H,2,4,6-8,12,31H2,1H3,(H,34,36). The van der Waals surface area contributed by atoms with E-state index in [1.54, 1.807) is 7.05 Å². The van der Waals surface area contributed by atoms with Crippen molar-refractivity contribution in [1.29, 1.82) is 0 Å². The van der Waals surface area contributed by atoms with Crippen molar-refractivity contribution < 1.29 is 32.2 Å². The molecule has 1 saturated carbocycles. The monoisotopic (exact) mass is 533 g/mol. The topological polar surface area (TPSA) is 115 Å². The number of benzene rings is 1. The van der Waals surface area contributed by atoms with Crippen LogP contribution in [0.2, 0.25) is 0 Å². The summed E-state index contributed by atoms with van der Waals surface area (Å²) >= 11 is 0. The average Bonchev–Trinajstić information content (AvgIpc) is 3.13. The van der Waals surface area contributed by atoms with Crippen LogP contribution in [0.5, 0.6) is 0 Å². The highest BCUT2D eigenvalue weighted by Crippen LogP contribution is 2.43. The number of rotatable bonds is 5. The molecule has 202 valence electrons. The molecule has 1 saturated heterocycles. The van der Waals surface area contributed by atoms with Gasteiger partial charge in [0.25, 0.3) is 5.91 Å². The number of alkyl halides is 1. The number of aliphatic hydroxyl groups is 1. The minimum Gasteiger partial charge on any atom is -0.385 e. The summed E-state index contributed by atoms with van der Waals surface area (Å²) in [5.74, 6) is -4.02. The number of ether oxygens (including phenoxy) is 1. The number of hydrogen-bond acceptors (Lipinski definition) is 6. The number of hydrogen-bond donors (Lipinski definition) is 3. The molecule has 5 rings (SSSR count). The molecular formula is C26H27F4N5O3. The Hall–Kier alpha value is -3.35. The third kappa shape index (κ3) is 4.79. The Labute approximate surface area is 215 Å². The zero-order valence-corrected chi connectivity index (χ0v) is 20.6. The Bertz CT molecular complexity index is 1340. The van der Waals surface area contributed by atoms with Crippen LogP contribution in [0.15, 0.2) is 30.5 Å². The highest BCUT2D eigenvalue weighted by Gasteiger charge is 2.38. The van der Waals surface area contributed by atoms with Crippen molar-refractivity contribution in [1.82, 2.24) is 14.8 Å². The van der Waals surface area contributed by atoms with Gasteiger partial charge in [-0.15, -0.1) is 0 Å². The second kappa shape index (κ2) is 10.1. The highest BCUT2D eigenvalue weighted by atomic mass is 19.1. The van der Waals surface area contributed by atoms with Crippen molar-refractivity contribution >= 4 is 11.6 Å². The van der Waals surface area contributed by atoms with E-state index in [9.17, 15) is 27.5 Å². The highest BCUT2D eigenvalue weighted by molar-refractivity contribution is 6.03. The Kier molecular flexibility index (Phi) is 6.97. The molecule has 38 heavy (non-hydrogen) atoms. The maximum atomic E-state index is 15.0. The predicted octanol–water partition coefficient (Wildman–Crippen LogP) is 4.04. The van der Waals surface area contributed by atoms with Gasteiger partial charge in [0.1, 0.15) is 41.1 Å². The molecule has 0 radical (unpaired) electrons. The van der Waals surface area contributed by atoms with Gasteiger partial charge < -0.3 is 20.9 Å². The summed E-state index contributed by atoms with van der Waals surface area (Å²) in [6.45, 7) is -0.208. The van der Waals surface area contributed by atoms with Gasteiger partial charge in [0.15, 0.2) is 0 Å². The van der Waals surface area contributed by atoms with Crippen molar-refractivity contribution in [2.45, 2.75) is 56.0 Å². The van der Waals surface area contributed by atoms with Gasteiger partial charge in [-0.05, 0) is 61.9 Å². The third-order valence-corrected chi connectivity index (χ3v) is 7.30. The van der Waals surface area contributed by atoms with Crippen LogP contribution in [-0.4, -0.2) is 44.6 Å². The number of pyridine rings is 1. The quantitative estimate of drug-likeness (QED) is 0.427. The molecule has 3 heterocycles. The van der Waals surface area contributed by atoms with Crippen LogP contribution in [-0.2, 0) is 17.4 Å². The first kappa shape index (κ1) is 26.3. The molecule has 2 aliphatic rings. The summed E-state index contributed by atoms with van der Waals surface area (Å²) in [5.41, 5.74) is 3.58. The van der Waals surface area contributed by atoms with Crippen LogP contribution in [0.25, 0.3) is 11.3 Å². The molecule has 4 N–H and O–H groups in total. The summed E-state index contributed by atoms with van der Waals surface area (Å²) in [7, 11) is 1.63. The molecule has 0 spiro atoms. The lowest BCUT2D eigenvalue weighted by atomic mass is 9.75. The van der Waals surface area contributed by atoms with E-state index in [0.29, 0.717) is 31.4 Å². The summed E-state index contributed by atoms with van der Waals surface area (Å²) in [6, 6.07) is 3.24. The summed E-state index contributed by atoms with van der Waals surface area (Å²) in [6.07, 6.45) is 1.70. The summed E-state index contributed by atoms with van der Waals surface area (Å²) in [5, 5.41) is 17.2. The van der Waals surface area contributed by atoms with E-state index in [0.717, 1.165) is 30.7 Å². The lowest BCUT2D eigenvalue weighted by molar-refractivity contribution is -0.0392. The summed E-state index contributed by atoms with van der Waals surface area (Å²) in [4.78, 5) is 17.0. The van der Waals surface area contributed by atoms with Crippen LogP contribution in [0.3, 0.4) is 0 Å². The van der Waals surface area contributed by atoms with E-state index in [2.05, 4.69) is 15.4 Å². The van der Waals surface area contributed by atoms with E-state index in [1.165, 1.54) is 10.9 Å². The second-order valence-corrected chi connectivity index (χ2v) is 9.83. The maximum Gasteiger partial charge on any atom is 0.274 e. The van der Waals surface area contributed by atoms with Gasteiger partial charge in [-0.25, -0.2) is 22.5 Å². The van der Waals surface area contributed by atoms with Gasteiger partial charge in [0, 0.05) is 13.1 Å². The Morgan fingerprint density at radius 3 is 2.55 bits per heavy atom. The number of halogens is 4. The lowest BCUT2D eigenvalue weighted by Gasteiger charge is -2.37. The fraction of sp³-hybridized carbons (Fsp3) is 0.423. The predicted molar refractivity (Wildman–Crippen MR) is 129 cm³/mol. The minimum atomic E-state index is -1.32. The molecule has 3 unspecified atom stereocenters. The van der Waals surface area contributed by atoms with E-state index < -0.39 is 58.5 Å². The largest absolute Gasteiger partial charge is 0.385 e. The molecule has 8 nitrogen and oxygen atoms in total. The number of aromatic nitrogens is 3. The number of nitrogens with zero attached hydrogens (tertiary/aromatic N) is 3. The maximum absolute atomic E-state index is 15.0. The first-order valence-corrected chi connectivity index (χ1v) is 12.3. The van der Waals surface area contributed by atoms with Gasteiger partial charge >= 0.3 is 0 Å². The smallest absolute Gasteiger partial charge is 0.274 e. The lowest BCUT2D eigenvalue weighted by Crippen LogP contribution is -2.33. The first-order chi connectivity index (χ1) is 18.1. The van der Waals surface area contributed by atoms with Crippen molar-refractivity contribution in [2.24, 2.45) is 12.8 Å². The zero-order chi connectivity index (χ0) is 27.2.